The van der Waals surface area contributed by atoms with Crippen molar-refractivity contribution < 1.29 is 0 Å². The summed E-state index contributed by atoms with van der Waals surface area (Å²) in [6.07, 6.45) is 6.19. The van der Waals surface area contributed by atoms with Crippen molar-refractivity contribution in [2.75, 3.05) is 11.4 Å². The van der Waals surface area contributed by atoms with E-state index >= 15 is 0 Å². The molecule has 0 spiro atoms. The number of dihydropyridines is 1. The van der Waals surface area contributed by atoms with Crippen LogP contribution in [0.3, 0.4) is 0 Å². The molecular weight excluding hydrogens is 643 g/mol. The second-order valence-electron chi connectivity index (χ2n) is 14.8. The van der Waals surface area contributed by atoms with E-state index in [1.54, 1.807) is 0 Å². The summed E-state index contributed by atoms with van der Waals surface area (Å²) in [6.45, 7) is 5.49. The Morgan fingerprint density at radius 2 is 1.23 bits per heavy atom. The monoisotopic (exact) mass is 681 g/mol. The quantitative estimate of drug-likeness (QED) is 0.171. The molecule has 0 radical (unpaired) electrons. The van der Waals surface area contributed by atoms with E-state index in [0.717, 1.165) is 23.6 Å². The van der Waals surface area contributed by atoms with Crippen molar-refractivity contribution in [3.63, 3.8) is 0 Å². The fraction of sp³-hybridized carbons (Fsp3) is 0.100. The van der Waals surface area contributed by atoms with Gasteiger partial charge in [0, 0.05) is 57.6 Å². The van der Waals surface area contributed by atoms with Crippen molar-refractivity contribution in [3.05, 3.63) is 193 Å². The summed E-state index contributed by atoms with van der Waals surface area (Å²) in [4.78, 5) is 6.91. The zero-order valence-corrected chi connectivity index (χ0v) is 29.9. The molecule has 1 aliphatic carbocycles. The minimum Gasteiger partial charge on any atom is -0.310 e. The number of rotatable bonds is 6. The Labute approximate surface area is 310 Å². The first-order valence-corrected chi connectivity index (χ1v) is 18.5. The molecule has 0 amide bonds. The first-order chi connectivity index (χ1) is 26.0. The van der Waals surface area contributed by atoms with Gasteiger partial charge in [0.05, 0.1) is 11.0 Å². The number of hydrogen-bond donors (Lipinski definition) is 0. The van der Waals surface area contributed by atoms with E-state index in [9.17, 15) is 0 Å². The Kier molecular flexibility index (Phi) is 7.29. The number of para-hydroxylation sites is 2. The third-order valence-electron chi connectivity index (χ3n) is 11.4. The van der Waals surface area contributed by atoms with Crippen LogP contribution in [0.25, 0.3) is 49.7 Å². The summed E-state index contributed by atoms with van der Waals surface area (Å²) in [5.41, 5.74) is 16.0. The average Bonchev–Trinajstić information content (AvgIpc) is 3.67. The molecule has 3 nitrogen and oxygen atoms in total. The molecule has 0 fully saturated rings. The third kappa shape index (κ3) is 5.15. The fourth-order valence-electron chi connectivity index (χ4n) is 8.66. The molecule has 10 rings (SSSR count). The van der Waals surface area contributed by atoms with Gasteiger partial charge in [0.25, 0.3) is 0 Å². The van der Waals surface area contributed by atoms with Gasteiger partial charge in [0.2, 0.25) is 0 Å². The summed E-state index contributed by atoms with van der Waals surface area (Å²) >= 11 is 0. The molecule has 0 saturated heterocycles. The van der Waals surface area contributed by atoms with Gasteiger partial charge in [-0.3, -0.25) is 4.99 Å². The number of benzene rings is 7. The van der Waals surface area contributed by atoms with E-state index in [2.05, 4.69) is 204 Å². The van der Waals surface area contributed by atoms with E-state index < -0.39 is 0 Å². The van der Waals surface area contributed by atoms with Crippen LogP contribution in [0, 0.1) is 0 Å². The van der Waals surface area contributed by atoms with Gasteiger partial charge in [-0.25, -0.2) is 0 Å². The number of allylic oxidation sites excluding steroid dienone is 1. The molecule has 7 aromatic carbocycles. The molecule has 53 heavy (non-hydrogen) atoms. The zero-order chi connectivity index (χ0) is 35.5. The summed E-state index contributed by atoms with van der Waals surface area (Å²) in [5, 5.41) is 2.52. The molecule has 0 N–H and O–H groups in total. The van der Waals surface area contributed by atoms with Gasteiger partial charge in [-0.1, -0.05) is 117 Å². The predicted molar refractivity (Wildman–Crippen MR) is 224 cm³/mol. The molecule has 2 aliphatic rings. The largest absolute Gasteiger partial charge is 0.310 e. The SMILES string of the molecule is CC1(C)c2ccccc2-c2ccc(N(c3ccc(-c4ccc5c(c4)c4ccccc4n5-c4ccccc4)cc3)c3ccc(C4C=CC=NC4)cc3)cc21. The standard InChI is InChI=1S/C50H39N3/c1-50(2)46-16-8-6-14-42(46)43-28-27-41(32-47(43)50)52(40-25-20-35(21-26-40)37-11-10-30-51-33-37)39-23-18-34(19-24-39)36-22-29-49-45(31-36)44-15-7-9-17-48(44)53(49)38-12-4-3-5-13-38/h3-32,37H,33H2,1-2H3. The Bertz CT molecular complexity index is 2710. The second-order valence-corrected chi connectivity index (χ2v) is 14.8. The summed E-state index contributed by atoms with van der Waals surface area (Å²) < 4.78 is 2.37. The molecule has 1 aromatic heterocycles. The van der Waals surface area contributed by atoms with Crippen LogP contribution in [0.15, 0.2) is 181 Å². The topological polar surface area (TPSA) is 20.5 Å². The van der Waals surface area contributed by atoms with E-state index in [4.69, 9.17) is 0 Å². The fourth-order valence-corrected chi connectivity index (χ4v) is 8.66. The smallest absolute Gasteiger partial charge is 0.0541 e. The highest BCUT2D eigenvalue weighted by Crippen LogP contribution is 2.50. The maximum atomic E-state index is 4.51. The molecule has 254 valence electrons. The maximum Gasteiger partial charge on any atom is 0.0541 e. The van der Waals surface area contributed by atoms with Crippen molar-refractivity contribution >= 4 is 45.1 Å². The highest BCUT2D eigenvalue weighted by atomic mass is 15.1. The first-order valence-electron chi connectivity index (χ1n) is 18.5. The number of anilines is 3. The second kappa shape index (κ2) is 12.4. The Morgan fingerprint density at radius 1 is 0.566 bits per heavy atom. The first kappa shape index (κ1) is 31.3. The van der Waals surface area contributed by atoms with Gasteiger partial charge in [-0.05, 0) is 112 Å². The number of nitrogens with zero attached hydrogens (tertiary/aromatic N) is 3. The number of hydrogen-bond acceptors (Lipinski definition) is 2. The van der Waals surface area contributed by atoms with Gasteiger partial charge >= 0.3 is 0 Å². The molecule has 0 bridgehead atoms. The van der Waals surface area contributed by atoms with Crippen molar-refractivity contribution in [2.24, 2.45) is 4.99 Å². The van der Waals surface area contributed by atoms with Gasteiger partial charge in [0.1, 0.15) is 0 Å². The number of aromatic nitrogens is 1. The Balaban J connectivity index is 1.06. The number of fused-ring (bicyclic) bond motifs is 6. The van der Waals surface area contributed by atoms with Crippen molar-refractivity contribution in [1.29, 1.82) is 0 Å². The lowest BCUT2D eigenvalue weighted by Gasteiger charge is -2.28. The highest BCUT2D eigenvalue weighted by molar-refractivity contribution is 6.10. The molecular formula is C50H39N3. The van der Waals surface area contributed by atoms with Crippen molar-refractivity contribution in [2.45, 2.75) is 25.2 Å². The summed E-state index contributed by atoms with van der Waals surface area (Å²) in [7, 11) is 0. The summed E-state index contributed by atoms with van der Waals surface area (Å²) in [6, 6.07) is 60.3. The van der Waals surface area contributed by atoms with Crippen LogP contribution in [-0.2, 0) is 5.41 Å². The van der Waals surface area contributed by atoms with E-state index in [-0.39, 0.29) is 5.41 Å². The molecule has 1 aliphatic heterocycles. The molecule has 0 saturated carbocycles. The maximum absolute atomic E-state index is 4.51. The van der Waals surface area contributed by atoms with Gasteiger partial charge < -0.3 is 9.47 Å². The lowest BCUT2D eigenvalue weighted by atomic mass is 9.82. The normalized spacial score (nSPS) is 15.5. The predicted octanol–water partition coefficient (Wildman–Crippen LogP) is 13.0. The van der Waals surface area contributed by atoms with Gasteiger partial charge in [0.15, 0.2) is 0 Å². The van der Waals surface area contributed by atoms with Crippen molar-refractivity contribution in [3.8, 4) is 27.9 Å². The summed E-state index contributed by atoms with van der Waals surface area (Å²) in [5.74, 6) is 0.306. The molecule has 2 heterocycles. The Hall–Kier alpha value is -6.45. The average molecular weight is 682 g/mol. The van der Waals surface area contributed by atoms with Gasteiger partial charge in [-0.15, -0.1) is 0 Å². The Morgan fingerprint density at radius 3 is 2.02 bits per heavy atom. The van der Waals surface area contributed by atoms with Crippen LogP contribution in [0.2, 0.25) is 0 Å². The molecule has 8 aromatic rings. The molecule has 3 heteroatoms. The van der Waals surface area contributed by atoms with Crippen LogP contribution in [0.1, 0.15) is 36.5 Å². The van der Waals surface area contributed by atoms with E-state index in [1.165, 1.54) is 66.4 Å². The van der Waals surface area contributed by atoms with Gasteiger partial charge in [-0.2, -0.15) is 0 Å². The third-order valence-corrected chi connectivity index (χ3v) is 11.4. The van der Waals surface area contributed by atoms with Crippen LogP contribution in [-0.4, -0.2) is 17.3 Å². The minimum absolute atomic E-state index is 0.0859. The highest BCUT2D eigenvalue weighted by Gasteiger charge is 2.35. The lowest BCUT2D eigenvalue weighted by molar-refractivity contribution is 0.660. The van der Waals surface area contributed by atoms with Crippen LogP contribution in [0.5, 0.6) is 0 Å². The van der Waals surface area contributed by atoms with E-state index in [1.807, 2.05) is 6.21 Å². The zero-order valence-electron chi connectivity index (χ0n) is 29.9. The van der Waals surface area contributed by atoms with Crippen LogP contribution in [0.4, 0.5) is 17.1 Å². The van der Waals surface area contributed by atoms with Crippen LogP contribution < -0.4 is 4.90 Å². The van der Waals surface area contributed by atoms with Crippen molar-refractivity contribution in [1.82, 2.24) is 4.57 Å². The molecule has 1 atom stereocenters. The molecule has 1 unspecified atom stereocenters. The minimum atomic E-state index is -0.0859. The van der Waals surface area contributed by atoms with E-state index in [0.29, 0.717) is 5.92 Å². The lowest BCUT2D eigenvalue weighted by Crippen LogP contribution is -2.16. The number of aliphatic imine (C=N–C) groups is 1. The van der Waals surface area contributed by atoms with Crippen LogP contribution >= 0.6 is 0 Å².